The Balaban J connectivity index is 2.60. The number of esters is 1. The first kappa shape index (κ1) is 12.2. The molecule has 0 aromatic carbocycles. The highest BCUT2D eigenvalue weighted by Crippen LogP contribution is 2.24. The number of rotatable bonds is 0. The summed E-state index contributed by atoms with van der Waals surface area (Å²) in [7, 11) is 0. The lowest BCUT2D eigenvalue weighted by Gasteiger charge is -2.26. The van der Waals surface area contributed by atoms with E-state index in [1.807, 2.05) is 26.0 Å². The Kier molecular flexibility index (Phi) is 4.33. The van der Waals surface area contributed by atoms with Gasteiger partial charge in [0.1, 0.15) is 0 Å². The summed E-state index contributed by atoms with van der Waals surface area (Å²) in [5, 5.41) is 9.73. The molecule has 1 N–H and O–H groups in total. The Morgan fingerprint density at radius 3 is 2.93 bits per heavy atom. The summed E-state index contributed by atoms with van der Waals surface area (Å²) in [6.07, 6.45) is 5.99. The second-order valence-corrected chi connectivity index (χ2v) is 4.93. The first-order valence-electron chi connectivity index (χ1n) is 5.48. The first-order valence-corrected chi connectivity index (χ1v) is 5.48. The number of hydrogen-bond acceptors (Lipinski definition) is 3. The largest absolute Gasteiger partial charge is 0.465 e. The number of hydrogen-bond donors (Lipinski definition) is 1. The SMILES string of the molecule is CC1(C)COC(=O)CC/C=C/CC(O)C1. The van der Waals surface area contributed by atoms with Gasteiger partial charge in [-0.3, -0.25) is 4.79 Å². The van der Waals surface area contributed by atoms with E-state index >= 15 is 0 Å². The third kappa shape index (κ3) is 4.98. The van der Waals surface area contributed by atoms with Crippen molar-refractivity contribution in [1.82, 2.24) is 0 Å². The van der Waals surface area contributed by atoms with Gasteiger partial charge in [-0.15, -0.1) is 0 Å². The van der Waals surface area contributed by atoms with E-state index in [-0.39, 0.29) is 17.5 Å². The van der Waals surface area contributed by atoms with Crippen LogP contribution in [0.15, 0.2) is 12.2 Å². The molecule has 1 rings (SSSR count). The molecule has 15 heavy (non-hydrogen) atoms. The van der Waals surface area contributed by atoms with Crippen molar-refractivity contribution < 1.29 is 14.6 Å². The predicted octanol–water partition coefficient (Wildman–Crippen LogP) is 2.05. The molecule has 0 saturated carbocycles. The first-order chi connectivity index (χ1) is 6.99. The van der Waals surface area contributed by atoms with Gasteiger partial charge in [-0.1, -0.05) is 26.0 Å². The molecule has 3 heteroatoms. The topological polar surface area (TPSA) is 46.5 Å². The van der Waals surface area contributed by atoms with Crippen LogP contribution in [-0.2, 0) is 9.53 Å². The number of carbonyl (C=O) groups is 1. The number of aliphatic hydroxyl groups is 1. The van der Waals surface area contributed by atoms with Crippen molar-refractivity contribution in [2.45, 2.75) is 45.6 Å². The fourth-order valence-corrected chi connectivity index (χ4v) is 1.70. The fraction of sp³-hybridized carbons (Fsp3) is 0.750. The zero-order valence-corrected chi connectivity index (χ0v) is 9.53. The highest BCUT2D eigenvalue weighted by atomic mass is 16.5. The van der Waals surface area contributed by atoms with Gasteiger partial charge < -0.3 is 9.84 Å². The van der Waals surface area contributed by atoms with E-state index in [2.05, 4.69) is 0 Å². The van der Waals surface area contributed by atoms with Crippen molar-refractivity contribution in [2.24, 2.45) is 5.41 Å². The van der Waals surface area contributed by atoms with Gasteiger partial charge in [-0.25, -0.2) is 0 Å². The fourth-order valence-electron chi connectivity index (χ4n) is 1.70. The van der Waals surface area contributed by atoms with Crippen LogP contribution in [0.5, 0.6) is 0 Å². The van der Waals surface area contributed by atoms with Gasteiger partial charge >= 0.3 is 5.97 Å². The molecule has 0 radical (unpaired) electrons. The molecule has 1 aliphatic rings. The van der Waals surface area contributed by atoms with Crippen LogP contribution in [-0.4, -0.2) is 23.8 Å². The Labute approximate surface area is 91.1 Å². The summed E-state index contributed by atoms with van der Waals surface area (Å²) in [6, 6.07) is 0. The molecular weight excluding hydrogens is 192 g/mol. The summed E-state index contributed by atoms with van der Waals surface area (Å²) >= 11 is 0. The molecule has 0 amide bonds. The van der Waals surface area contributed by atoms with Crippen molar-refractivity contribution in [1.29, 1.82) is 0 Å². The van der Waals surface area contributed by atoms with E-state index < -0.39 is 0 Å². The lowest BCUT2D eigenvalue weighted by atomic mass is 9.87. The van der Waals surface area contributed by atoms with E-state index in [1.54, 1.807) is 0 Å². The molecule has 0 aromatic rings. The summed E-state index contributed by atoms with van der Waals surface area (Å²) in [5.74, 6) is -0.149. The van der Waals surface area contributed by atoms with E-state index in [4.69, 9.17) is 4.74 Å². The van der Waals surface area contributed by atoms with Crippen LogP contribution in [0.1, 0.15) is 39.5 Å². The third-order valence-corrected chi connectivity index (χ3v) is 2.50. The Hall–Kier alpha value is -0.830. The van der Waals surface area contributed by atoms with Crippen molar-refractivity contribution in [2.75, 3.05) is 6.61 Å². The van der Waals surface area contributed by atoms with Crippen molar-refractivity contribution in [3.05, 3.63) is 12.2 Å². The molecule has 1 aliphatic heterocycles. The second kappa shape index (κ2) is 5.31. The minimum atomic E-state index is -0.340. The van der Waals surface area contributed by atoms with Crippen LogP contribution >= 0.6 is 0 Å². The van der Waals surface area contributed by atoms with Crippen molar-refractivity contribution in [3.63, 3.8) is 0 Å². The maximum absolute atomic E-state index is 11.3. The minimum Gasteiger partial charge on any atom is -0.465 e. The maximum atomic E-state index is 11.3. The van der Waals surface area contributed by atoms with Gasteiger partial charge in [0.15, 0.2) is 0 Å². The maximum Gasteiger partial charge on any atom is 0.306 e. The summed E-state index contributed by atoms with van der Waals surface area (Å²) < 4.78 is 5.15. The van der Waals surface area contributed by atoms with E-state index in [0.717, 1.165) is 0 Å². The van der Waals surface area contributed by atoms with Crippen LogP contribution in [0.25, 0.3) is 0 Å². The van der Waals surface area contributed by atoms with Crippen molar-refractivity contribution in [3.8, 4) is 0 Å². The smallest absolute Gasteiger partial charge is 0.306 e. The van der Waals surface area contributed by atoms with E-state index in [9.17, 15) is 9.90 Å². The minimum absolute atomic E-state index is 0.146. The Morgan fingerprint density at radius 2 is 2.20 bits per heavy atom. The average molecular weight is 212 g/mol. The molecule has 1 heterocycles. The number of cyclic esters (lactones) is 1. The van der Waals surface area contributed by atoms with E-state index in [1.165, 1.54) is 0 Å². The van der Waals surface area contributed by atoms with Gasteiger partial charge in [-0.2, -0.15) is 0 Å². The molecule has 0 saturated heterocycles. The van der Waals surface area contributed by atoms with Gasteiger partial charge in [0.2, 0.25) is 0 Å². The third-order valence-electron chi connectivity index (χ3n) is 2.50. The van der Waals surface area contributed by atoms with Crippen LogP contribution in [0.3, 0.4) is 0 Å². The van der Waals surface area contributed by atoms with Crippen LogP contribution in [0.4, 0.5) is 0 Å². The lowest BCUT2D eigenvalue weighted by Crippen LogP contribution is -2.26. The van der Waals surface area contributed by atoms with Gasteiger partial charge in [-0.05, 0) is 19.3 Å². The van der Waals surface area contributed by atoms with Crippen LogP contribution in [0.2, 0.25) is 0 Å². The summed E-state index contributed by atoms with van der Waals surface area (Å²) in [5.41, 5.74) is -0.146. The number of aliphatic hydroxyl groups excluding tert-OH is 1. The normalized spacial score (nSPS) is 30.1. The number of ether oxygens (including phenoxy) is 1. The molecule has 1 unspecified atom stereocenters. The average Bonchev–Trinajstić information content (AvgIpc) is 2.14. The molecule has 3 nitrogen and oxygen atoms in total. The molecule has 1 atom stereocenters. The second-order valence-electron chi connectivity index (χ2n) is 4.93. The molecular formula is C12H20O3. The molecule has 0 spiro atoms. The van der Waals surface area contributed by atoms with Crippen LogP contribution in [0, 0.1) is 5.41 Å². The highest BCUT2D eigenvalue weighted by Gasteiger charge is 2.24. The van der Waals surface area contributed by atoms with Gasteiger partial charge in [0, 0.05) is 11.8 Å². The van der Waals surface area contributed by atoms with Crippen molar-refractivity contribution >= 4 is 5.97 Å². The molecule has 0 fully saturated rings. The quantitative estimate of drug-likeness (QED) is 0.494. The summed E-state index contributed by atoms with van der Waals surface area (Å²) in [4.78, 5) is 11.3. The number of carbonyl (C=O) groups excluding carboxylic acids is 1. The Bertz CT molecular complexity index is 243. The zero-order chi connectivity index (χ0) is 11.3. The molecule has 0 bridgehead atoms. The number of allylic oxidation sites excluding steroid dienone is 1. The molecule has 86 valence electrons. The molecule has 0 aromatic heterocycles. The lowest BCUT2D eigenvalue weighted by molar-refractivity contribution is -0.147. The standard InChI is InChI=1S/C12H20O3/c1-12(2)8-10(13)6-4-3-5-7-11(14)15-9-12/h3-4,10,13H,5-9H2,1-2H3/b4-3+. The monoisotopic (exact) mass is 212 g/mol. The highest BCUT2D eigenvalue weighted by molar-refractivity contribution is 5.69. The van der Waals surface area contributed by atoms with E-state index in [0.29, 0.717) is 32.3 Å². The Morgan fingerprint density at radius 1 is 1.47 bits per heavy atom. The van der Waals surface area contributed by atoms with Crippen LogP contribution < -0.4 is 0 Å². The zero-order valence-electron chi connectivity index (χ0n) is 9.53. The summed E-state index contributed by atoms with van der Waals surface area (Å²) in [6.45, 7) is 4.40. The predicted molar refractivity (Wildman–Crippen MR) is 58.4 cm³/mol. The van der Waals surface area contributed by atoms with Gasteiger partial charge in [0.25, 0.3) is 0 Å². The van der Waals surface area contributed by atoms with Gasteiger partial charge in [0.05, 0.1) is 12.7 Å². The molecule has 0 aliphatic carbocycles.